The van der Waals surface area contributed by atoms with E-state index in [1.807, 2.05) is 6.92 Å². The molecule has 0 saturated heterocycles. The van der Waals surface area contributed by atoms with Crippen molar-refractivity contribution in [1.29, 1.82) is 0 Å². The molecule has 0 atom stereocenters. The molecule has 0 radical (unpaired) electrons. The van der Waals surface area contributed by atoms with Gasteiger partial charge in [-0.2, -0.15) is 13.2 Å². The van der Waals surface area contributed by atoms with Gasteiger partial charge in [-0.3, -0.25) is 0 Å². The largest absolute Gasteiger partial charge is 0.493 e. The average Bonchev–Trinajstić information content (AvgIpc) is 2.40. The van der Waals surface area contributed by atoms with E-state index in [0.717, 1.165) is 12.0 Å². The fourth-order valence-electron chi connectivity index (χ4n) is 1.35. The Labute approximate surface area is 124 Å². The van der Waals surface area contributed by atoms with Crippen molar-refractivity contribution in [2.75, 3.05) is 20.0 Å². The van der Waals surface area contributed by atoms with Gasteiger partial charge < -0.3 is 14.2 Å². The van der Waals surface area contributed by atoms with Crippen LogP contribution in [-0.4, -0.2) is 26.2 Å². The van der Waals surface area contributed by atoms with Crippen LogP contribution in [0.5, 0.6) is 11.5 Å². The molecule has 3 nitrogen and oxygen atoms in total. The molecular weight excluding hydrogens is 341 g/mol. The van der Waals surface area contributed by atoms with E-state index >= 15 is 0 Å². The fraction of sp³-hybridized carbons (Fsp3) is 0.538. The maximum Gasteiger partial charge on any atom is 0.411 e. The predicted molar refractivity (Wildman–Crippen MR) is 72.4 cm³/mol. The van der Waals surface area contributed by atoms with Crippen molar-refractivity contribution in [3.63, 3.8) is 0 Å². The van der Waals surface area contributed by atoms with Crippen molar-refractivity contribution in [2.45, 2.75) is 24.9 Å². The van der Waals surface area contributed by atoms with Crippen molar-refractivity contribution in [2.24, 2.45) is 0 Å². The highest BCUT2D eigenvalue weighted by Gasteiger charge is 2.27. The Morgan fingerprint density at radius 2 is 1.95 bits per heavy atom. The molecule has 0 aliphatic rings. The topological polar surface area (TPSA) is 27.7 Å². The molecule has 0 fully saturated rings. The Kier molecular flexibility index (Phi) is 7.15. The summed E-state index contributed by atoms with van der Waals surface area (Å²) in [5.41, 5.74) is 0.810. The number of hydrogen-bond acceptors (Lipinski definition) is 3. The second-order valence-electron chi connectivity index (χ2n) is 3.98. The van der Waals surface area contributed by atoms with Gasteiger partial charge in [-0.15, -0.1) is 0 Å². The van der Waals surface area contributed by atoms with Crippen LogP contribution < -0.4 is 9.47 Å². The second kappa shape index (κ2) is 8.36. The molecule has 0 amide bonds. The van der Waals surface area contributed by atoms with Gasteiger partial charge in [0.1, 0.15) is 18.1 Å². The van der Waals surface area contributed by atoms with Crippen molar-refractivity contribution in [3.8, 4) is 11.5 Å². The van der Waals surface area contributed by atoms with Crippen LogP contribution in [-0.2, 0) is 10.1 Å². The Morgan fingerprint density at radius 1 is 1.20 bits per heavy atom. The summed E-state index contributed by atoms with van der Waals surface area (Å²) in [4.78, 5) is 0. The summed E-state index contributed by atoms with van der Waals surface area (Å²) in [6.45, 7) is 0.756. The summed E-state index contributed by atoms with van der Waals surface area (Å²) in [6, 6.07) is 5.22. The number of halogens is 4. The highest BCUT2D eigenvalue weighted by molar-refractivity contribution is 9.08. The predicted octanol–water partition coefficient (Wildman–Crippen LogP) is 4.29. The number of alkyl halides is 4. The fourth-order valence-corrected chi connectivity index (χ4v) is 1.82. The van der Waals surface area contributed by atoms with Crippen LogP contribution in [0.3, 0.4) is 0 Å². The maximum absolute atomic E-state index is 11.9. The van der Waals surface area contributed by atoms with Crippen LogP contribution >= 0.6 is 15.9 Å². The summed E-state index contributed by atoms with van der Waals surface area (Å²) >= 11 is 3.28. The van der Waals surface area contributed by atoms with Crippen LogP contribution in [0.1, 0.15) is 18.9 Å². The minimum atomic E-state index is -4.35. The third-order valence-electron chi connectivity index (χ3n) is 2.22. The van der Waals surface area contributed by atoms with Gasteiger partial charge in [0.2, 0.25) is 0 Å². The molecule has 0 heterocycles. The Hall–Kier alpha value is -0.950. The van der Waals surface area contributed by atoms with Crippen molar-refractivity contribution >= 4 is 15.9 Å². The highest BCUT2D eigenvalue weighted by Crippen LogP contribution is 2.27. The lowest BCUT2D eigenvalue weighted by molar-refractivity contribution is -0.186. The zero-order chi connectivity index (χ0) is 15.0. The SMILES string of the molecule is CCCOc1ccc(CBr)c(OCOCC(F)(F)F)c1. The minimum Gasteiger partial charge on any atom is -0.493 e. The van der Waals surface area contributed by atoms with E-state index < -0.39 is 19.6 Å². The molecular formula is C13H16BrF3O3. The molecule has 0 saturated carbocycles. The average molecular weight is 357 g/mol. The van der Waals surface area contributed by atoms with Gasteiger partial charge >= 0.3 is 6.18 Å². The van der Waals surface area contributed by atoms with E-state index in [1.54, 1.807) is 18.2 Å². The minimum absolute atomic E-state index is 0.442. The second-order valence-corrected chi connectivity index (χ2v) is 4.54. The number of benzene rings is 1. The third-order valence-corrected chi connectivity index (χ3v) is 2.82. The molecule has 0 unspecified atom stereocenters. The van der Waals surface area contributed by atoms with E-state index in [2.05, 4.69) is 20.7 Å². The summed E-state index contributed by atoms with van der Waals surface area (Å²) in [5, 5.41) is 0.523. The Morgan fingerprint density at radius 3 is 2.55 bits per heavy atom. The first kappa shape index (κ1) is 17.1. The number of ether oxygens (including phenoxy) is 3. The third kappa shape index (κ3) is 6.47. The van der Waals surface area contributed by atoms with Crippen LogP contribution in [0.25, 0.3) is 0 Å². The molecule has 0 N–H and O–H groups in total. The van der Waals surface area contributed by atoms with Gasteiger partial charge in [-0.25, -0.2) is 0 Å². The molecule has 1 rings (SSSR count). The summed E-state index contributed by atoms with van der Waals surface area (Å²) in [7, 11) is 0. The number of rotatable bonds is 8. The molecule has 0 aliphatic carbocycles. The molecule has 0 spiro atoms. The first-order valence-corrected chi connectivity index (χ1v) is 7.17. The van der Waals surface area contributed by atoms with Gasteiger partial charge in [-0.05, 0) is 12.5 Å². The smallest absolute Gasteiger partial charge is 0.411 e. The van der Waals surface area contributed by atoms with Gasteiger partial charge in [0.25, 0.3) is 0 Å². The van der Waals surface area contributed by atoms with E-state index in [0.29, 0.717) is 23.4 Å². The standard InChI is InChI=1S/C13H16BrF3O3/c1-2-5-19-11-4-3-10(7-14)12(6-11)20-9-18-8-13(15,16)17/h3-4,6H,2,5,7-9H2,1H3. The molecule has 0 aromatic heterocycles. The maximum atomic E-state index is 11.9. The first-order chi connectivity index (χ1) is 9.46. The molecule has 0 aliphatic heterocycles. The molecule has 1 aromatic carbocycles. The zero-order valence-electron chi connectivity index (χ0n) is 11.0. The quantitative estimate of drug-likeness (QED) is 0.395. The van der Waals surface area contributed by atoms with Crippen molar-refractivity contribution < 1.29 is 27.4 Å². The van der Waals surface area contributed by atoms with Crippen molar-refractivity contribution in [3.05, 3.63) is 23.8 Å². The normalized spacial score (nSPS) is 11.4. The monoisotopic (exact) mass is 356 g/mol. The lowest BCUT2D eigenvalue weighted by Crippen LogP contribution is -2.19. The van der Waals surface area contributed by atoms with E-state index in [9.17, 15) is 13.2 Å². The molecule has 20 heavy (non-hydrogen) atoms. The molecule has 0 bridgehead atoms. The van der Waals surface area contributed by atoms with E-state index in [4.69, 9.17) is 9.47 Å². The Balaban J connectivity index is 2.57. The van der Waals surface area contributed by atoms with Crippen LogP contribution in [0.4, 0.5) is 13.2 Å². The van der Waals surface area contributed by atoms with E-state index in [-0.39, 0.29) is 0 Å². The van der Waals surface area contributed by atoms with E-state index in [1.165, 1.54) is 0 Å². The van der Waals surface area contributed by atoms with Crippen LogP contribution in [0, 0.1) is 0 Å². The summed E-state index contributed by atoms with van der Waals surface area (Å²) < 4.78 is 50.8. The molecule has 7 heteroatoms. The molecule has 114 valence electrons. The summed E-state index contributed by atoms with van der Waals surface area (Å²) in [5.74, 6) is 1.06. The summed E-state index contributed by atoms with van der Waals surface area (Å²) in [6.07, 6.45) is -3.49. The van der Waals surface area contributed by atoms with Crippen molar-refractivity contribution in [1.82, 2.24) is 0 Å². The lowest BCUT2D eigenvalue weighted by atomic mass is 10.2. The van der Waals surface area contributed by atoms with Crippen LogP contribution in [0.15, 0.2) is 18.2 Å². The Bertz CT molecular complexity index is 410. The lowest BCUT2D eigenvalue weighted by Gasteiger charge is -2.13. The van der Waals surface area contributed by atoms with Gasteiger partial charge in [0.05, 0.1) is 6.61 Å². The molecule has 1 aromatic rings. The van der Waals surface area contributed by atoms with Gasteiger partial charge in [0, 0.05) is 17.0 Å². The van der Waals surface area contributed by atoms with Gasteiger partial charge in [-0.1, -0.05) is 28.9 Å². The van der Waals surface area contributed by atoms with Crippen LogP contribution in [0.2, 0.25) is 0 Å². The highest BCUT2D eigenvalue weighted by atomic mass is 79.9. The first-order valence-electron chi connectivity index (χ1n) is 6.05. The zero-order valence-corrected chi connectivity index (χ0v) is 12.6. The van der Waals surface area contributed by atoms with Gasteiger partial charge in [0.15, 0.2) is 6.79 Å². The number of hydrogen-bond donors (Lipinski definition) is 0.